The summed E-state index contributed by atoms with van der Waals surface area (Å²) in [5.74, 6) is -1.15. The Labute approximate surface area is 129 Å². The molecule has 0 aliphatic heterocycles. The van der Waals surface area contributed by atoms with E-state index in [0.717, 1.165) is 6.07 Å². The van der Waals surface area contributed by atoms with Gasteiger partial charge in [0.15, 0.2) is 5.82 Å². The first kappa shape index (κ1) is 15.4. The number of anilines is 1. The Morgan fingerprint density at radius 3 is 2.62 bits per heavy atom. The maximum Gasteiger partial charge on any atom is 0.352 e. The summed E-state index contributed by atoms with van der Waals surface area (Å²) in [6, 6.07) is 1.10. The van der Waals surface area contributed by atoms with Gasteiger partial charge in [0, 0.05) is 12.7 Å². The third-order valence-electron chi connectivity index (χ3n) is 2.60. The van der Waals surface area contributed by atoms with E-state index >= 15 is 0 Å². The second kappa shape index (κ2) is 5.82. The highest BCUT2D eigenvalue weighted by Crippen LogP contribution is 2.18. The van der Waals surface area contributed by atoms with E-state index in [1.54, 1.807) is 6.92 Å². The number of sulfonamides is 1. The molecule has 2 heterocycles. The number of hydrogen-bond donors (Lipinski definition) is 2. The molecule has 0 saturated carbocycles. The summed E-state index contributed by atoms with van der Waals surface area (Å²) in [6.07, 6.45) is 3.85. The van der Waals surface area contributed by atoms with Gasteiger partial charge in [-0.3, -0.25) is 4.72 Å². The molecule has 0 fully saturated rings. The van der Waals surface area contributed by atoms with Gasteiger partial charge in [0.2, 0.25) is 0 Å². The Hall–Kier alpha value is -1.94. The number of nitrogens with zero attached hydrogens (tertiary/aromatic N) is 3. The van der Waals surface area contributed by atoms with Crippen LogP contribution >= 0.6 is 15.9 Å². The van der Waals surface area contributed by atoms with E-state index in [4.69, 9.17) is 5.11 Å². The van der Waals surface area contributed by atoms with Crippen LogP contribution in [0.4, 0.5) is 5.82 Å². The van der Waals surface area contributed by atoms with Gasteiger partial charge in [-0.05, 0) is 28.9 Å². The fourth-order valence-corrected chi connectivity index (χ4v) is 2.87. The van der Waals surface area contributed by atoms with Gasteiger partial charge in [-0.25, -0.2) is 23.2 Å². The van der Waals surface area contributed by atoms with Crippen LogP contribution in [0, 0.1) is 0 Å². The van der Waals surface area contributed by atoms with E-state index < -0.39 is 16.0 Å². The Balaban J connectivity index is 2.35. The maximum absolute atomic E-state index is 12.2. The number of carboxylic acids is 1. The van der Waals surface area contributed by atoms with Crippen molar-refractivity contribution in [2.75, 3.05) is 4.72 Å². The summed E-state index contributed by atoms with van der Waals surface area (Å²) in [6.45, 7) is 2.06. The maximum atomic E-state index is 12.2. The molecule has 0 saturated heterocycles. The highest BCUT2D eigenvalue weighted by Gasteiger charge is 2.21. The Morgan fingerprint density at radius 2 is 2.14 bits per heavy atom. The summed E-state index contributed by atoms with van der Waals surface area (Å²) in [5, 5.41) is 9.03. The van der Waals surface area contributed by atoms with Gasteiger partial charge in [-0.1, -0.05) is 0 Å². The Bertz CT molecular complexity index is 770. The lowest BCUT2D eigenvalue weighted by Gasteiger charge is -2.04. The molecule has 2 aromatic rings. The number of carbonyl (C=O) groups is 1. The molecule has 2 N–H and O–H groups in total. The van der Waals surface area contributed by atoms with E-state index in [0.29, 0.717) is 11.1 Å². The smallest absolute Gasteiger partial charge is 0.352 e. The number of halogens is 1. The van der Waals surface area contributed by atoms with Crippen LogP contribution in [-0.4, -0.2) is 34.0 Å². The molecule has 2 aromatic heterocycles. The summed E-state index contributed by atoms with van der Waals surface area (Å²) in [7, 11) is -3.92. The number of aromatic carboxylic acids is 1. The van der Waals surface area contributed by atoms with Crippen LogP contribution in [0.2, 0.25) is 0 Å². The minimum Gasteiger partial charge on any atom is -0.477 e. The largest absolute Gasteiger partial charge is 0.477 e. The van der Waals surface area contributed by atoms with Crippen molar-refractivity contribution in [2.24, 2.45) is 0 Å². The molecular weight excluding hydrogens is 364 g/mol. The number of aromatic nitrogens is 3. The van der Waals surface area contributed by atoms with Gasteiger partial charge in [0.25, 0.3) is 10.0 Å². The average molecular weight is 375 g/mol. The molecule has 0 radical (unpaired) electrons. The molecule has 8 nitrogen and oxygen atoms in total. The highest BCUT2D eigenvalue weighted by molar-refractivity contribution is 9.10. The van der Waals surface area contributed by atoms with Crippen molar-refractivity contribution >= 4 is 37.7 Å². The van der Waals surface area contributed by atoms with Crippen LogP contribution < -0.4 is 4.72 Å². The molecule has 112 valence electrons. The van der Waals surface area contributed by atoms with Crippen molar-refractivity contribution in [3.8, 4) is 0 Å². The van der Waals surface area contributed by atoms with Crippen molar-refractivity contribution in [1.29, 1.82) is 0 Å². The number of carboxylic acid groups (broad SMARTS) is 1. The molecule has 21 heavy (non-hydrogen) atoms. The third kappa shape index (κ3) is 3.39. The van der Waals surface area contributed by atoms with Crippen molar-refractivity contribution in [1.82, 2.24) is 14.5 Å². The molecular formula is C11H11BrN4O4S. The quantitative estimate of drug-likeness (QED) is 0.820. The summed E-state index contributed by atoms with van der Waals surface area (Å²) >= 11 is 3.09. The normalized spacial score (nSPS) is 11.3. The zero-order valence-corrected chi connectivity index (χ0v) is 13.2. The van der Waals surface area contributed by atoms with Crippen LogP contribution in [0.25, 0.3) is 0 Å². The molecule has 2 rings (SSSR count). The molecule has 0 unspecified atom stereocenters. The molecule has 0 spiro atoms. The highest BCUT2D eigenvalue weighted by atomic mass is 79.9. The van der Waals surface area contributed by atoms with Crippen molar-refractivity contribution in [3.63, 3.8) is 0 Å². The van der Waals surface area contributed by atoms with Crippen LogP contribution in [0.3, 0.4) is 0 Å². The average Bonchev–Trinajstić information content (AvgIpc) is 2.86. The SMILES string of the molecule is CCn1cc(S(=O)(=O)Nc2cnc(Br)cn2)cc1C(=O)O. The Kier molecular flexibility index (Phi) is 4.28. The molecule has 0 amide bonds. The van der Waals surface area contributed by atoms with Crippen LogP contribution in [-0.2, 0) is 16.6 Å². The minimum absolute atomic E-state index is 0.0410. The molecule has 0 atom stereocenters. The zero-order chi connectivity index (χ0) is 15.6. The molecule has 0 bridgehead atoms. The molecule has 0 aliphatic carbocycles. The van der Waals surface area contributed by atoms with Gasteiger partial charge in [0.05, 0.1) is 12.4 Å². The van der Waals surface area contributed by atoms with Crippen molar-refractivity contribution < 1.29 is 18.3 Å². The second-order valence-electron chi connectivity index (χ2n) is 3.98. The fourth-order valence-electron chi connectivity index (χ4n) is 1.63. The van der Waals surface area contributed by atoms with Crippen LogP contribution in [0.5, 0.6) is 0 Å². The first-order chi connectivity index (χ1) is 9.83. The second-order valence-corrected chi connectivity index (χ2v) is 6.48. The zero-order valence-electron chi connectivity index (χ0n) is 10.8. The van der Waals surface area contributed by atoms with Gasteiger partial charge >= 0.3 is 5.97 Å². The molecule has 0 aliphatic rings. The standard InChI is InChI=1S/C11H11BrN4O4S/c1-2-16-6-7(3-8(16)11(17)18)21(19,20)15-10-5-13-9(12)4-14-10/h3-6H,2H2,1H3,(H,14,15)(H,17,18). The fraction of sp³-hybridized carbons (Fsp3) is 0.182. The van der Waals surface area contributed by atoms with Gasteiger partial charge in [0.1, 0.15) is 15.2 Å². The summed E-state index contributed by atoms with van der Waals surface area (Å²) < 4.78 is 28.4. The molecule has 0 aromatic carbocycles. The van der Waals surface area contributed by atoms with E-state index in [-0.39, 0.29) is 16.4 Å². The first-order valence-corrected chi connectivity index (χ1v) is 8.05. The minimum atomic E-state index is -3.92. The lowest BCUT2D eigenvalue weighted by molar-refractivity contribution is 0.0685. The Morgan fingerprint density at radius 1 is 1.43 bits per heavy atom. The monoisotopic (exact) mass is 374 g/mol. The van der Waals surface area contributed by atoms with Crippen molar-refractivity contribution in [2.45, 2.75) is 18.4 Å². The predicted octanol–water partition coefficient (Wildman–Crippen LogP) is 1.56. The topological polar surface area (TPSA) is 114 Å². The summed E-state index contributed by atoms with van der Waals surface area (Å²) in [4.78, 5) is 18.6. The third-order valence-corrected chi connectivity index (χ3v) is 4.33. The molecule has 10 heteroatoms. The number of rotatable bonds is 5. The van der Waals surface area contributed by atoms with E-state index in [1.807, 2.05) is 0 Å². The lowest BCUT2D eigenvalue weighted by atomic mass is 10.4. The van der Waals surface area contributed by atoms with Gasteiger partial charge < -0.3 is 9.67 Å². The van der Waals surface area contributed by atoms with Gasteiger partial charge in [-0.15, -0.1) is 0 Å². The van der Waals surface area contributed by atoms with E-state index in [9.17, 15) is 13.2 Å². The first-order valence-electron chi connectivity index (χ1n) is 5.77. The number of aryl methyl sites for hydroxylation is 1. The summed E-state index contributed by atoms with van der Waals surface area (Å²) in [5.41, 5.74) is -0.0974. The van der Waals surface area contributed by atoms with Crippen LogP contribution in [0.1, 0.15) is 17.4 Å². The van der Waals surface area contributed by atoms with Gasteiger partial charge in [-0.2, -0.15) is 0 Å². The number of hydrogen-bond acceptors (Lipinski definition) is 5. The number of nitrogens with one attached hydrogen (secondary N) is 1. The predicted molar refractivity (Wildman–Crippen MR) is 77.6 cm³/mol. The lowest BCUT2D eigenvalue weighted by Crippen LogP contribution is -2.13. The van der Waals surface area contributed by atoms with Crippen LogP contribution in [0.15, 0.2) is 34.2 Å². The van der Waals surface area contributed by atoms with E-state index in [1.165, 1.54) is 23.2 Å². The van der Waals surface area contributed by atoms with Crippen molar-refractivity contribution in [3.05, 3.63) is 35.0 Å². The van der Waals surface area contributed by atoms with E-state index in [2.05, 4.69) is 30.6 Å².